The van der Waals surface area contributed by atoms with Crippen LogP contribution in [-0.2, 0) is 18.9 Å². The fourth-order valence-electron chi connectivity index (χ4n) is 5.80. The summed E-state index contributed by atoms with van der Waals surface area (Å²) in [5.74, 6) is 2.49. The van der Waals surface area contributed by atoms with Gasteiger partial charge >= 0.3 is 12.3 Å². The first-order valence-electron chi connectivity index (χ1n) is 9.25. The van der Waals surface area contributed by atoms with Crippen molar-refractivity contribution in [2.45, 2.75) is 58.0 Å². The molecule has 0 saturated heterocycles. The molecule has 3 fully saturated rings. The third kappa shape index (κ3) is 3.72. The van der Waals surface area contributed by atoms with E-state index in [1.54, 1.807) is 0 Å². The summed E-state index contributed by atoms with van der Waals surface area (Å²) in [6, 6.07) is 0. The van der Waals surface area contributed by atoms with Crippen LogP contribution in [0.15, 0.2) is 0 Å². The summed E-state index contributed by atoms with van der Waals surface area (Å²) in [4.78, 5) is 22.9. The minimum Gasteiger partial charge on any atom is -0.438 e. The first-order valence-corrected chi connectivity index (χ1v) is 9.25. The summed E-state index contributed by atoms with van der Waals surface area (Å²) >= 11 is 0. The quantitative estimate of drug-likeness (QED) is 0.709. The number of methoxy groups -OCH3 is 2. The topological polar surface area (TPSA) is 71.1 Å². The van der Waals surface area contributed by atoms with E-state index in [0.29, 0.717) is 30.3 Å². The van der Waals surface area contributed by atoms with E-state index in [4.69, 9.17) is 14.2 Å². The Morgan fingerprint density at radius 3 is 2.24 bits per heavy atom. The normalized spacial score (nSPS) is 42.2. The van der Waals surface area contributed by atoms with Crippen molar-refractivity contribution in [2.75, 3.05) is 20.8 Å². The van der Waals surface area contributed by atoms with Crippen LogP contribution in [-0.4, -0.2) is 38.7 Å². The van der Waals surface area contributed by atoms with Crippen LogP contribution < -0.4 is 0 Å². The zero-order chi connectivity index (χ0) is 18.2. The average molecular weight is 354 g/mol. The number of hydrogen-bond acceptors (Lipinski definition) is 6. The number of rotatable bonds is 3. The number of fused-ring (bicyclic) bond motifs is 5. The molecule has 3 aliphatic carbocycles. The van der Waals surface area contributed by atoms with Crippen molar-refractivity contribution in [2.24, 2.45) is 29.1 Å². The number of carbonyl (C=O) groups excluding carboxylic acids is 2. The zero-order valence-electron chi connectivity index (χ0n) is 15.7. The Hall–Kier alpha value is -1.46. The second-order valence-electron chi connectivity index (χ2n) is 8.79. The molecule has 3 aliphatic rings. The Labute approximate surface area is 149 Å². The first-order chi connectivity index (χ1) is 11.8. The van der Waals surface area contributed by atoms with E-state index in [2.05, 4.69) is 11.7 Å². The molecule has 0 spiro atoms. The molecule has 0 aromatic carbocycles. The van der Waals surface area contributed by atoms with Gasteiger partial charge in [-0.3, -0.25) is 0 Å². The molecule has 6 nitrogen and oxygen atoms in total. The molecule has 142 valence electrons. The van der Waals surface area contributed by atoms with Gasteiger partial charge in [-0.1, -0.05) is 6.92 Å². The lowest BCUT2D eigenvalue weighted by molar-refractivity contribution is -0.0544. The van der Waals surface area contributed by atoms with Crippen molar-refractivity contribution < 1.29 is 28.5 Å². The van der Waals surface area contributed by atoms with Crippen LogP contribution in [0.1, 0.15) is 52.4 Å². The molecule has 0 amide bonds. The average Bonchev–Trinajstić information content (AvgIpc) is 2.82. The maximum Gasteiger partial charge on any atom is 0.508 e. The SMILES string of the molecule is COC(=O)OCC1(C)CCC2C3CC(CC(C)(OC(=O)OC)C3)C2C1. The molecule has 0 aliphatic heterocycles. The van der Waals surface area contributed by atoms with E-state index in [-0.39, 0.29) is 5.41 Å². The van der Waals surface area contributed by atoms with E-state index in [1.165, 1.54) is 20.6 Å². The van der Waals surface area contributed by atoms with E-state index in [1.807, 2.05) is 6.92 Å². The van der Waals surface area contributed by atoms with Crippen LogP contribution in [0.25, 0.3) is 0 Å². The summed E-state index contributed by atoms with van der Waals surface area (Å²) in [6.07, 6.45) is 5.14. The smallest absolute Gasteiger partial charge is 0.438 e. The monoisotopic (exact) mass is 354 g/mol. The van der Waals surface area contributed by atoms with Crippen molar-refractivity contribution in [3.05, 3.63) is 0 Å². The van der Waals surface area contributed by atoms with Crippen molar-refractivity contribution in [3.63, 3.8) is 0 Å². The predicted octanol–water partition coefficient (Wildman–Crippen LogP) is 4.16. The van der Waals surface area contributed by atoms with Gasteiger partial charge in [0.25, 0.3) is 0 Å². The van der Waals surface area contributed by atoms with E-state index in [0.717, 1.165) is 32.1 Å². The maximum atomic E-state index is 11.6. The molecule has 2 bridgehead atoms. The number of ether oxygens (including phenoxy) is 4. The summed E-state index contributed by atoms with van der Waals surface area (Å²) in [5, 5.41) is 0. The molecule has 0 N–H and O–H groups in total. The van der Waals surface area contributed by atoms with Crippen LogP contribution >= 0.6 is 0 Å². The Bertz CT molecular complexity index is 534. The highest BCUT2D eigenvalue weighted by Gasteiger charge is 2.56. The maximum absolute atomic E-state index is 11.6. The molecule has 0 radical (unpaired) electrons. The first kappa shape index (κ1) is 18.3. The van der Waals surface area contributed by atoms with Gasteiger partial charge in [0.05, 0.1) is 14.2 Å². The minimum absolute atomic E-state index is 0.00639. The largest absolute Gasteiger partial charge is 0.508 e. The van der Waals surface area contributed by atoms with Crippen molar-refractivity contribution >= 4 is 12.3 Å². The fraction of sp³-hybridized carbons (Fsp3) is 0.895. The molecule has 3 saturated carbocycles. The Balaban J connectivity index is 1.66. The molecular formula is C19H30O6. The molecule has 25 heavy (non-hydrogen) atoms. The van der Waals surface area contributed by atoms with Crippen molar-refractivity contribution in [1.29, 1.82) is 0 Å². The van der Waals surface area contributed by atoms with Crippen LogP contribution in [0.3, 0.4) is 0 Å². The van der Waals surface area contributed by atoms with Crippen LogP contribution in [0, 0.1) is 29.1 Å². The predicted molar refractivity (Wildman–Crippen MR) is 90.0 cm³/mol. The Kier molecular flexibility index (Phi) is 4.91. The van der Waals surface area contributed by atoms with Gasteiger partial charge in [0.1, 0.15) is 12.2 Å². The molecule has 0 aromatic rings. The van der Waals surface area contributed by atoms with Crippen LogP contribution in [0.5, 0.6) is 0 Å². The zero-order valence-corrected chi connectivity index (χ0v) is 15.7. The molecule has 6 atom stereocenters. The third-order valence-corrected chi connectivity index (χ3v) is 6.77. The molecule has 0 heterocycles. The lowest BCUT2D eigenvalue weighted by Crippen LogP contribution is -2.38. The molecule has 6 unspecified atom stereocenters. The van der Waals surface area contributed by atoms with Gasteiger partial charge in [-0.2, -0.15) is 0 Å². The standard InChI is InChI=1S/C19H30O6/c1-18(11-24-16(20)22-3)6-5-14-12-7-13(15(14)10-18)9-19(2,8-12)25-17(21)23-4/h12-15H,5-11H2,1-4H3. The summed E-state index contributed by atoms with van der Waals surface area (Å²) in [7, 11) is 2.69. The highest BCUT2D eigenvalue weighted by atomic mass is 16.7. The van der Waals surface area contributed by atoms with Gasteiger partial charge in [-0.05, 0) is 69.1 Å². The second kappa shape index (κ2) is 6.69. The molecule has 6 heteroatoms. The van der Waals surface area contributed by atoms with E-state index < -0.39 is 17.9 Å². The van der Waals surface area contributed by atoms with Gasteiger partial charge < -0.3 is 18.9 Å². The molecule has 3 rings (SSSR count). The Morgan fingerprint density at radius 2 is 1.60 bits per heavy atom. The molecular weight excluding hydrogens is 324 g/mol. The van der Waals surface area contributed by atoms with Gasteiger partial charge in [-0.15, -0.1) is 0 Å². The Morgan fingerprint density at radius 1 is 0.960 bits per heavy atom. The van der Waals surface area contributed by atoms with Gasteiger partial charge in [0, 0.05) is 5.41 Å². The minimum atomic E-state index is -0.604. The van der Waals surface area contributed by atoms with Gasteiger partial charge in [-0.25, -0.2) is 9.59 Å². The molecule has 0 aromatic heterocycles. The lowest BCUT2D eigenvalue weighted by atomic mass is 9.65. The van der Waals surface area contributed by atoms with E-state index in [9.17, 15) is 9.59 Å². The lowest BCUT2D eigenvalue weighted by Gasteiger charge is -2.41. The van der Waals surface area contributed by atoms with Gasteiger partial charge in [0.15, 0.2) is 0 Å². The fourth-order valence-corrected chi connectivity index (χ4v) is 5.80. The second-order valence-corrected chi connectivity index (χ2v) is 8.79. The summed E-state index contributed by atoms with van der Waals surface area (Å²) in [5.41, 5.74) is -0.413. The highest BCUT2D eigenvalue weighted by molar-refractivity contribution is 5.60. The number of carbonyl (C=O) groups is 2. The van der Waals surface area contributed by atoms with Crippen molar-refractivity contribution in [3.8, 4) is 0 Å². The van der Waals surface area contributed by atoms with Gasteiger partial charge in [0.2, 0.25) is 0 Å². The van der Waals surface area contributed by atoms with E-state index >= 15 is 0 Å². The summed E-state index contributed by atoms with van der Waals surface area (Å²) < 4.78 is 20.2. The summed E-state index contributed by atoms with van der Waals surface area (Å²) in [6.45, 7) is 4.66. The van der Waals surface area contributed by atoms with Crippen LogP contribution in [0.4, 0.5) is 9.59 Å². The van der Waals surface area contributed by atoms with Crippen molar-refractivity contribution in [1.82, 2.24) is 0 Å². The number of hydrogen-bond donors (Lipinski definition) is 0. The van der Waals surface area contributed by atoms with Crippen LogP contribution in [0.2, 0.25) is 0 Å². The highest BCUT2D eigenvalue weighted by Crippen LogP contribution is 2.61. The third-order valence-electron chi connectivity index (χ3n) is 6.77.